The zero-order valence-corrected chi connectivity index (χ0v) is 6.24. The van der Waals surface area contributed by atoms with Crippen molar-refractivity contribution in [3.63, 3.8) is 0 Å². The first-order chi connectivity index (χ1) is 5.25. The van der Waals surface area contributed by atoms with Crippen LogP contribution in [0.2, 0.25) is 0 Å². The molecule has 0 bridgehead atoms. The van der Waals surface area contributed by atoms with Gasteiger partial charge in [-0.3, -0.25) is 9.78 Å². The lowest BCUT2D eigenvalue weighted by atomic mass is 10.1. The second-order valence-corrected chi connectivity index (χ2v) is 2.09. The number of primary amides is 1. The number of amides is 1. The summed E-state index contributed by atoms with van der Waals surface area (Å²) in [5.74, 6) is -0.487. The summed E-state index contributed by atoms with van der Waals surface area (Å²) in [6.45, 7) is 1.84. The highest BCUT2D eigenvalue weighted by atomic mass is 16.1. The van der Waals surface area contributed by atoms with Crippen LogP contribution >= 0.6 is 0 Å². The maximum absolute atomic E-state index is 10.7. The van der Waals surface area contributed by atoms with Crippen LogP contribution in [0, 0.1) is 6.42 Å². The van der Waals surface area contributed by atoms with E-state index in [0.29, 0.717) is 5.69 Å². The minimum atomic E-state index is -0.487. The van der Waals surface area contributed by atoms with E-state index in [1.807, 2.05) is 6.92 Å². The molecule has 1 radical (unpaired) electrons. The fourth-order valence-electron chi connectivity index (χ4n) is 0.857. The Bertz CT molecular complexity index is 271. The quantitative estimate of drug-likeness (QED) is 0.674. The molecule has 3 nitrogen and oxygen atoms in total. The number of aromatic nitrogens is 1. The molecule has 1 rings (SSSR count). The molecular formula is C8H9N2O. The van der Waals surface area contributed by atoms with Crippen LogP contribution in [0.25, 0.3) is 0 Å². The molecule has 0 aliphatic rings. The molecular weight excluding hydrogens is 140 g/mol. The summed E-state index contributed by atoms with van der Waals surface area (Å²) in [6, 6.07) is 3.56. The average Bonchev–Trinajstić information content (AvgIpc) is 2.04. The first kappa shape index (κ1) is 7.72. The van der Waals surface area contributed by atoms with E-state index in [4.69, 9.17) is 5.73 Å². The van der Waals surface area contributed by atoms with Gasteiger partial charge in [-0.2, -0.15) is 0 Å². The molecule has 1 aromatic heterocycles. The van der Waals surface area contributed by atoms with Gasteiger partial charge in [0.15, 0.2) is 0 Å². The summed E-state index contributed by atoms with van der Waals surface area (Å²) in [5, 5.41) is 0. The van der Waals surface area contributed by atoms with E-state index in [1.165, 1.54) is 0 Å². The number of nitrogens with two attached hydrogens (primary N) is 1. The molecule has 1 aromatic rings. The van der Waals surface area contributed by atoms with Crippen LogP contribution in [-0.4, -0.2) is 10.9 Å². The fourth-order valence-corrected chi connectivity index (χ4v) is 0.857. The Morgan fingerprint density at radius 2 is 2.45 bits per heavy atom. The Kier molecular flexibility index (Phi) is 2.21. The standard InChI is InChI=1S/C8H9N2O/c1-2-6-4-3-5-10-7(6)8(9)11/h2-5H,1H3,(H2,9,11). The molecule has 0 aromatic carbocycles. The van der Waals surface area contributed by atoms with Crippen molar-refractivity contribution in [1.82, 2.24) is 4.98 Å². The Hall–Kier alpha value is -1.38. The summed E-state index contributed by atoms with van der Waals surface area (Å²) < 4.78 is 0. The van der Waals surface area contributed by atoms with Gasteiger partial charge in [0, 0.05) is 6.20 Å². The molecule has 1 heterocycles. The number of hydrogen-bond donors (Lipinski definition) is 1. The maximum atomic E-state index is 10.7. The van der Waals surface area contributed by atoms with Gasteiger partial charge in [0.05, 0.1) is 0 Å². The van der Waals surface area contributed by atoms with Crippen molar-refractivity contribution in [3.05, 3.63) is 36.0 Å². The molecule has 0 spiro atoms. The largest absolute Gasteiger partial charge is 0.364 e. The molecule has 0 aliphatic heterocycles. The van der Waals surface area contributed by atoms with Crippen molar-refractivity contribution in [2.24, 2.45) is 5.73 Å². The maximum Gasteiger partial charge on any atom is 0.267 e. The molecule has 0 saturated heterocycles. The number of carbonyl (C=O) groups is 1. The molecule has 57 valence electrons. The van der Waals surface area contributed by atoms with Crippen LogP contribution in [0.4, 0.5) is 0 Å². The number of carbonyl (C=O) groups excluding carboxylic acids is 1. The average molecular weight is 149 g/mol. The van der Waals surface area contributed by atoms with Gasteiger partial charge >= 0.3 is 0 Å². The van der Waals surface area contributed by atoms with Crippen molar-refractivity contribution in [2.45, 2.75) is 6.92 Å². The molecule has 1 amide bonds. The highest BCUT2D eigenvalue weighted by molar-refractivity contribution is 5.92. The van der Waals surface area contributed by atoms with Gasteiger partial charge in [0.2, 0.25) is 0 Å². The Morgan fingerprint density at radius 1 is 1.73 bits per heavy atom. The van der Waals surface area contributed by atoms with Gasteiger partial charge < -0.3 is 5.73 Å². The van der Waals surface area contributed by atoms with E-state index in [2.05, 4.69) is 4.98 Å². The van der Waals surface area contributed by atoms with Crippen LogP contribution in [0.1, 0.15) is 23.0 Å². The van der Waals surface area contributed by atoms with Crippen LogP contribution in [0.15, 0.2) is 18.3 Å². The predicted octanol–water partition coefficient (Wildman–Crippen LogP) is 0.753. The number of pyridine rings is 1. The summed E-state index contributed by atoms with van der Waals surface area (Å²) in [7, 11) is 0. The SMILES string of the molecule is C[CH]c1cccnc1C(N)=O. The lowest BCUT2D eigenvalue weighted by Crippen LogP contribution is -2.14. The minimum absolute atomic E-state index is 0.329. The highest BCUT2D eigenvalue weighted by Crippen LogP contribution is 2.05. The van der Waals surface area contributed by atoms with Crippen molar-refractivity contribution in [1.29, 1.82) is 0 Å². The van der Waals surface area contributed by atoms with Crippen molar-refractivity contribution in [3.8, 4) is 0 Å². The summed E-state index contributed by atoms with van der Waals surface area (Å²) in [4.78, 5) is 14.6. The van der Waals surface area contributed by atoms with Crippen LogP contribution in [0.5, 0.6) is 0 Å². The normalized spacial score (nSPS) is 9.55. The van der Waals surface area contributed by atoms with Gasteiger partial charge in [-0.05, 0) is 18.1 Å². The number of rotatable bonds is 2. The molecule has 0 fully saturated rings. The van der Waals surface area contributed by atoms with E-state index < -0.39 is 5.91 Å². The van der Waals surface area contributed by atoms with Crippen molar-refractivity contribution >= 4 is 5.91 Å². The zero-order valence-electron chi connectivity index (χ0n) is 6.24. The Balaban J connectivity index is 3.12. The first-order valence-electron chi connectivity index (χ1n) is 3.30. The number of hydrogen-bond acceptors (Lipinski definition) is 2. The smallest absolute Gasteiger partial charge is 0.267 e. The molecule has 0 aliphatic carbocycles. The third-order valence-corrected chi connectivity index (χ3v) is 1.38. The Morgan fingerprint density at radius 3 is 2.91 bits per heavy atom. The molecule has 11 heavy (non-hydrogen) atoms. The lowest BCUT2D eigenvalue weighted by Gasteiger charge is -1.99. The first-order valence-corrected chi connectivity index (χ1v) is 3.30. The molecule has 0 atom stereocenters. The molecule has 3 heteroatoms. The lowest BCUT2D eigenvalue weighted by molar-refractivity contribution is 0.0995. The molecule has 2 N–H and O–H groups in total. The monoisotopic (exact) mass is 149 g/mol. The second kappa shape index (κ2) is 3.14. The van der Waals surface area contributed by atoms with Crippen LogP contribution in [0.3, 0.4) is 0 Å². The van der Waals surface area contributed by atoms with Gasteiger partial charge in [0.25, 0.3) is 5.91 Å². The minimum Gasteiger partial charge on any atom is -0.364 e. The number of nitrogens with zero attached hydrogens (tertiary/aromatic N) is 1. The van der Waals surface area contributed by atoms with E-state index in [-0.39, 0.29) is 0 Å². The third kappa shape index (κ3) is 1.55. The van der Waals surface area contributed by atoms with E-state index in [0.717, 1.165) is 5.56 Å². The summed E-state index contributed by atoms with van der Waals surface area (Å²) in [6.07, 6.45) is 3.35. The second-order valence-electron chi connectivity index (χ2n) is 2.09. The van der Waals surface area contributed by atoms with Gasteiger partial charge in [-0.1, -0.05) is 13.0 Å². The van der Waals surface area contributed by atoms with Gasteiger partial charge in [0.1, 0.15) is 5.69 Å². The molecule has 0 unspecified atom stereocenters. The van der Waals surface area contributed by atoms with E-state index >= 15 is 0 Å². The van der Waals surface area contributed by atoms with Gasteiger partial charge in [-0.25, -0.2) is 0 Å². The van der Waals surface area contributed by atoms with Crippen LogP contribution in [-0.2, 0) is 0 Å². The highest BCUT2D eigenvalue weighted by Gasteiger charge is 2.05. The molecule has 0 saturated carbocycles. The van der Waals surface area contributed by atoms with E-state index in [9.17, 15) is 4.79 Å². The van der Waals surface area contributed by atoms with E-state index in [1.54, 1.807) is 24.8 Å². The van der Waals surface area contributed by atoms with Crippen molar-refractivity contribution in [2.75, 3.05) is 0 Å². The Labute approximate surface area is 65.2 Å². The summed E-state index contributed by atoms with van der Waals surface area (Å²) >= 11 is 0. The fraction of sp³-hybridized carbons (Fsp3) is 0.125. The predicted molar refractivity (Wildman–Crippen MR) is 41.8 cm³/mol. The van der Waals surface area contributed by atoms with Gasteiger partial charge in [-0.15, -0.1) is 0 Å². The van der Waals surface area contributed by atoms with Crippen molar-refractivity contribution < 1.29 is 4.79 Å². The topological polar surface area (TPSA) is 56.0 Å². The summed E-state index contributed by atoms with van der Waals surface area (Å²) in [5.41, 5.74) is 6.18. The third-order valence-electron chi connectivity index (χ3n) is 1.38. The van der Waals surface area contributed by atoms with Crippen LogP contribution < -0.4 is 5.73 Å². The zero-order chi connectivity index (χ0) is 8.27.